The van der Waals surface area contributed by atoms with E-state index in [-0.39, 0.29) is 4.75 Å². The van der Waals surface area contributed by atoms with Crippen LogP contribution in [0.5, 0.6) is 0 Å². The molecule has 0 aromatic carbocycles. The molecule has 0 aromatic rings. The number of nitrogens with one attached hydrogen (secondary N) is 1. The van der Waals surface area contributed by atoms with Crippen molar-refractivity contribution in [3.8, 4) is 6.07 Å². The summed E-state index contributed by atoms with van der Waals surface area (Å²) in [5, 5.41) is 11.9. The molecule has 0 aromatic heterocycles. The quantitative estimate of drug-likeness (QED) is 0.732. The fourth-order valence-corrected chi connectivity index (χ4v) is 1.45. The molecule has 2 nitrogen and oxygen atoms in total. The Bertz CT molecular complexity index is 178. The number of thioether (sulfide) groups is 1. The fraction of sp³-hybridized carbons (Fsp3) is 0.889. The van der Waals surface area contributed by atoms with Crippen LogP contribution >= 0.6 is 11.8 Å². The van der Waals surface area contributed by atoms with Crippen LogP contribution in [0.15, 0.2) is 0 Å². The van der Waals surface area contributed by atoms with Gasteiger partial charge in [0.1, 0.15) is 5.54 Å². The minimum Gasteiger partial charge on any atom is -0.302 e. The summed E-state index contributed by atoms with van der Waals surface area (Å²) >= 11 is 1.80. The second-order valence-electron chi connectivity index (χ2n) is 4.09. The highest BCUT2D eigenvalue weighted by Gasteiger charge is 2.24. The van der Waals surface area contributed by atoms with Crippen molar-refractivity contribution < 1.29 is 0 Å². The van der Waals surface area contributed by atoms with E-state index in [9.17, 15) is 0 Å². The van der Waals surface area contributed by atoms with E-state index >= 15 is 0 Å². The normalized spacial score (nSPS) is 16.7. The highest BCUT2D eigenvalue weighted by molar-refractivity contribution is 8.00. The van der Waals surface area contributed by atoms with Gasteiger partial charge in [0.15, 0.2) is 0 Å². The highest BCUT2D eigenvalue weighted by atomic mass is 32.2. The Morgan fingerprint density at radius 2 is 1.83 bits per heavy atom. The van der Waals surface area contributed by atoms with Crippen LogP contribution in [0.25, 0.3) is 0 Å². The smallest absolute Gasteiger partial charge is 0.112 e. The van der Waals surface area contributed by atoms with Gasteiger partial charge in [-0.3, -0.25) is 0 Å². The van der Waals surface area contributed by atoms with Gasteiger partial charge in [-0.05, 0) is 14.0 Å². The van der Waals surface area contributed by atoms with Crippen LogP contribution < -0.4 is 5.32 Å². The van der Waals surface area contributed by atoms with Gasteiger partial charge in [0.05, 0.1) is 6.07 Å². The van der Waals surface area contributed by atoms with Gasteiger partial charge >= 0.3 is 0 Å². The summed E-state index contributed by atoms with van der Waals surface area (Å²) < 4.78 is 0.231. The molecule has 12 heavy (non-hydrogen) atoms. The van der Waals surface area contributed by atoms with Gasteiger partial charge in [-0.1, -0.05) is 20.8 Å². The van der Waals surface area contributed by atoms with E-state index in [0.29, 0.717) is 0 Å². The van der Waals surface area contributed by atoms with E-state index in [1.165, 1.54) is 0 Å². The lowest BCUT2D eigenvalue weighted by Gasteiger charge is -2.25. The Kier molecular flexibility index (Phi) is 4.09. The Balaban J connectivity index is 4.01. The first-order chi connectivity index (χ1) is 5.33. The van der Waals surface area contributed by atoms with Crippen molar-refractivity contribution in [2.75, 3.05) is 12.8 Å². The standard InChI is InChI=1S/C9H18N2S/c1-8(2,3)12-7-9(4,6-10)11-5/h11H,7H2,1-5H3. The van der Waals surface area contributed by atoms with Crippen molar-refractivity contribution in [1.29, 1.82) is 5.26 Å². The lowest BCUT2D eigenvalue weighted by atomic mass is 10.1. The molecule has 0 saturated carbocycles. The van der Waals surface area contributed by atoms with Gasteiger partial charge in [-0.25, -0.2) is 0 Å². The van der Waals surface area contributed by atoms with Gasteiger partial charge in [0.25, 0.3) is 0 Å². The molecule has 0 aliphatic heterocycles. The summed E-state index contributed by atoms with van der Waals surface area (Å²) in [5.41, 5.74) is -0.391. The van der Waals surface area contributed by atoms with E-state index in [0.717, 1.165) is 5.75 Å². The van der Waals surface area contributed by atoms with E-state index in [4.69, 9.17) is 5.26 Å². The zero-order valence-electron chi connectivity index (χ0n) is 8.56. The molecule has 0 heterocycles. The lowest BCUT2D eigenvalue weighted by molar-refractivity contribution is 0.548. The summed E-state index contributed by atoms with van der Waals surface area (Å²) in [7, 11) is 1.83. The van der Waals surface area contributed by atoms with Crippen molar-refractivity contribution in [2.45, 2.75) is 38.0 Å². The van der Waals surface area contributed by atoms with Crippen LogP contribution in [0.1, 0.15) is 27.7 Å². The van der Waals surface area contributed by atoms with E-state index < -0.39 is 5.54 Å². The molecule has 1 unspecified atom stereocenters. The van der Waals surface area contributed by atoms with E-state index in [1.807, 2.05) is 14.0 Å². The van der Waals surface area contributed by atoms with Crippen molar-refractivity contribution in [2.24, 2.45) is 0 Å². The zero-order chi connectivity index (χ0) is 9.83. The van der Waals surface area contributed by atoms with Gasteiger partial charge in [0, 0.05) is 10.5 Å². The van der Waals surface area contributed by atoms with Crippen molar-refractivity contribution in [3.05, 3.63) is 0 Å². The van der Waals surface area contributed by atoms with Crippen LogP contribution in [0.4, 0.5) is 0 Å². The summed E-state index contributed by atoms with van der Waals surface area (Å²) in [5.74, 6) is 0.823. The summed E-state index contributed by atoms with van der Waals surface area (Å²) in [6, 6.07) is 2.27. The highest BCUT2D eigenvalue weighted by Crippen LogP contribution is 2.26. The van der Waals surface area contributed by atoms with E-state index in [2.05, 4.69) is 32.2 Å². The molecule has 70 valence electrons. The van der Waals surface area contributed by atoms with Gasteiger partial charge < -0.3 is 5.32 Å². The van der Waals surface area contributed by atoms with Gasteiger partial charge in [0.2, 0.25) is 0 Å². The Morgan fingerprint density at radius 3 is 2.08 bits per heavy atom. The van der Waals surface area contributed by atoms with E-state index in [1.54, 1.807) is 11.8 Å². The summed E-state index contributed by atoms with van der Waals surface area (Å²) in [6.45, 7) is 8.40. The molecule has 0 radical (unpaired) electrons. The third-order valence-corrected chi connectivity index (χ3v) is 3.18. The Labute approximate surface area is 79.7 Å². The van der Waals surface area contributed by atoms with Gasteiger partial charge in [-0.2, -0.15) is 17.0 Å². The van der Waals surface area contributed by atoms with Crippen LogP contribution in [0.3, 0.4) is 0 Å². The summed E-state index contributed by atoms with van der Waals surface area (Å²) in [6.07, 6.45) is 0. The molecular formula is C9H18N2S. The monoisotopic (exact) mass is 186 g/mol. The molecule has 0 saturated heterocycles. The molecule has 0 aliphatic rings. The van der Waals surface area contributed by atoms with Crippen LogP contribution in [-0.2, 0) is 0 Å². The average Bonchev–Trinajstić information content (AvgIpc) is 1.99. The van der Waals surface area contributed by atoms with Crippen LogP contribution in [0, 0.1) is 11.3 Å². The third kappa shape index (κ3) is 4.63. The molecule has 1 N–H and O–H groups in total. The van der Waals surface area contributed by atoms with Crippen molar-refractivity contribution in [3.63, 3.8) is 0 Å². The Morgan fingerprint density at radius 1 is 1.33 bits per heavy atom. The van der Waals surface area contributed by atoms with Crippen molar-refractivity contribution >= 4 is 11.8 Å². The summed E-state index contributed by atoms with van der Waals surface area (Å²) in [4.78, 5) is 0. The molecule has 3 heteroatoms. The number of hydrogen-bond acceptors (Lipinski definition) is 3. The number of rotatable bonds is 3. The maximum Gasteiger partial charge on any atom is 0.112 e. The van der Waals surface area contributed by atoms with Crippen LogP contribution in [0.2, 0.25) is 0 Å². The molecule has 0 rings (SSSR count). The first-order valence-corrected chi connectivity index (χ1v) is 5.06. The third-order valence-electron chi connectivity index (χ3n) is 1.59. The molecular weight excluding hydrogens is 168 g/mol. The maximum atomic E-state index is 8.86. The number of nitriles is 1. The first-order valence-electron chi connectivity index (χ1n) is 4.07. The molecule has 0 bridgehead atoms. The molecule has 0 amide bonds. The zero-order valence-corrected chi connectivity index (χ0v) is 9.38. The molecule has 0 fully saturated rings. The molecule has 1 atom stereocenters. The molecule has 0 aliphatic carbocycles. The van der Waals surface area contributed by atoms with Gasteiger partial charge in [-0.15, -0.1) is 0 Å². The predicted octanol–water partition coefficient (Wildman–Crippen LogP) is 2.02. The topological polar surface area (TPSA) is 35.8 Å². The second kappa shape index (κ2) is 4.15. The molecule has 0 spiro atoms. The Hall–Kier alpha value is -0.200. The predicted molar refractivity (Wildman–Crippen MR) is 55.3 cm³/mol. The SMILES string of the molecule is CNC(C)(C#N)CSC(C)(C)C. The first kappa shape index (κ1) is 11.8. The average molecular weight is 186 g/mol. The number of hydrogen-bond donors (Lipinski definition) is 1. The number of nitrogens with zero attached hydrogens (tertiary/aromatic N) is 1. The lowest BCUT2D eigenvalue weighted by Crippen LogP contribution is -2.41. The largest absolute Gasteiger partial charge is 0.302 e. The fourth-order valence-electron chi connectivity index (χ4n) is 0.521. The van der Waals surface area contributed by atoms with Crippen molar-refractivity contribution in [1.82, 2.24) is 5.32 Å². The van der Waals surface area contributed by atoms with Crippen LogP contribution in [-0.4, -0.2) is 23.1 Å². The maximum absolute atomic E-state index is 8.86. The minimum atomic E-state index is -0.391. The minimum absolute atomic E-state index is 0.231. The second-order valence-corrected chi connectivity index (χ2v) is 5.90.